The van der Waals surface area contributed by atoms with Crippen LogP contribution in [0.3, 0.4) is 0 Å². The van der Waals surface area contributed by atoms with Crippen LogP contribution in [0, 0.1) is 0 Å². The Balaban J connectivity index is 2.12. The molecule has 1 rings (SSSR count). The Kier molecular flexibility index (Phi) is 2.27. The number of hydrogen-bond acceptors (Lipinski definition) is 2. The van der Waals surface area contributed by atoms with E-state index in [4.69, 9.17) is 9.84 Å². The third kappa shape index (κ3) is 2.08. The topological polar surface area (TPSA) is 32.8 Å². The van der Waals surface area contributed by atoms with Gasteiger partial charge in [-0.2, -0.15) is 0 Å². The molecule has 1 saturated heterocycles. The van der Waals surface area contributed by atoms with Gasteiger partial charge in [0.15, 0.2) is 0 Å². The Morgan fingerprint density at radius 2 is 2.33 bits per heavy atom. The fourth-order valence-corrected chi connectivity index (χ4v) is 1.06. The molecule has 0 radical (unpaired) electrons. The minimum absolute atomic E-state index is 0.0688. The van der Waals surface area contributed by atoms with Crippen LogP contribution in [0.1, 0.15) is 6.42 Å². The molecule has 3 heteroatoms. The fourth-order valence-electron chi connectivity index (χ4n) is 0.738. The second-order valence-electron chi connectivity index (χ2n) is 2.12. The molecule has 1 aliphatic rings. The first-order valence-electron chi connectivity index (χ1n) is 2.83. The molecular weight excluding hydrogens is 184 g/mol. The number of hydrogen-bond donors (Lipinski definition) is 1. The summed E-state index contributed by atoms with van der Waals surface area (Å²) in [5.74, 6) is 0. The van der Waals surface area contributed by atoms with E-state index in [0.717, 1.165) is 10.9 Å². The van der Waals surface area contributed by atoms with E-state index in [2.05, 4.69) is 22.5 Å². The summed E-state index contributed by atoms with van der Waals surface area (Å²) < 4.78 is 5.97. The summed E-state index contributed by atoms with van der Waals surface area (Å²) in [6, 6.07) is 0. The molecule has 52 valence electrons. The van der Waals surface area contributed by atoms with Crippen LogP contribution in [-0.4, -0.2) is 23.9 Å². The fraction of sp³-hybridized carbons (Fsp3) is 0.667. The van der Waals surface area contributed by atoms with Crippen LogP contribution >= 0.6 is 15.9 Å². The molecule has 0 spiro atoms. The highest BCUT2D eigenvalue weighted by Gasteiger charge is 2.37. The largest absolute Gasteiger partial charge is 0.394 e. The minimum atomic E-state index is 0.0688. The normalized spacial score (nSPS) is 32.2. The molecule has 0 bridgehead atoms. The Hall–Kier alpha value is 0.140. The van der Waals surface area contributed by atoms with E-state index >= 15 is 0 Å². The summed E-state index contributed by atoms with van der Waals surface area (Å²) in [5.41, 5.74) is 0. The molecular formula is C6H9BrO2. The molecule has 0 saturated carbocycles. The summed E-state index contributed by atoms with van der Waals surface area (Å²) >= 11 is 3.22. The van der Waals surface area contributed by atoms with E-state index in [-0.39, 0.29) is 18.8 Å². The van der Waals surface area contributed by atoms with Crippen LogP contribution in [0.4, 0.5) is 0 Å². The Morgan fingerprint density at radius 3 is 2.67 bits per heavy atom. The van der Waals surface area contributed by atoms with Crippen LogP contribution in [0.15, 0.2) is 11.1 Å². The quantitative estimate of drug-likeness (QED) is 0.679. The van der Waals surface area contributed by atoms with Crippen LogP contribution < -0.4 is 0 Å². The standard InChI is InChI=1S/C6H9BrO2/c1-4(7)2-5-6(3-8)9-5/h5-6,8H,1-3H2/t5-,6+/m1/s1. The molecule has 0 aromatic rings. The van der Waals surface area contributed by atoms with Crippen molar-refractivity contribution in [2.24, 2.45) is 0 Å². The molecule has 0 unspecified atom stereocenters. The Morgan fingerprint density at radius 1 is 1.67 bits per heavy atom. The van der Waals surface area contributed by atoms with Gasteiger partial charge in [0.1, 0.15) is 6.10 Å². The SMILES string of the molecule is C=C(Br)C[C@H]1O[C@H]1CO. The number of halogens is 1. The molecule has 1 aliphatic heterocycles. The third-order valence-corrected chi connectivity index (χ3v) is 1.61. The van der Waals surface area contributed by atoms with E-state index in [1.165, 1.54) is 0 Å². The number of ether oxygens (including phenoxy) is 1. The van der Waals surface area contributed by atoms with Crippen molar-refractivity contribution in [1.29, 1.82) is 0 Å². The van der Waals surface area contributed by atoms with Gasteiger partial charge in [0.05, 0.1) is 12.7 Å². The van der Waals surface area contributed by atoms with Crippen LogP contribution in [0.2, 0.25) is 0 Å². The van der Waals surface area contributed by atoms with Gasteiger partial charge in [-0.25, -0.2) is 0 Å². The number of aliphatic hydroxyl groups is 1. The zero-order chi connectivity index (χ0) is 6.85. The van der Waals surface area contributed by atoms with E-state index in [9.17, 15) is 0 Å². The van der Waals surface area contributed by atoms with Crippen molar-refractivity contribution in [2.75, 3.05) is 6.61 Å². The van der Waals surface area contributed by atoms with Crippen molar-refractivity contribution in [3.8, 4) is 0 Å². The van der Waals surface area contributed by atoms with Gasteiger partial charge in [0.2, 0.25) is 0 Å². The molecule has 0 aliphatic carbocycles. The third-order valence-electron chi connectivity index (χ3n) is 1.29. The maximum Gasteiger partial charge on any atom is 0.107 e. The van der Waals surface area contributed by atoms with Crippen LogP contribution in [0.25, 0.3) is 0 Å². The van der Waals surface area contributed by atoms with E-state index in [0.29, 0.717) is 0 Å². The van der Waals surface area contributed by atoms with Crippen molar-refractivity contribution < 1.29 is 9.84 Å². The highest BCUT2D eigenvalue weighted by atomic mass is 79.9. The van der Waals surface area contributed by atoms with Gasteiger partial charge in [-0.1, -0.05) is 22.5 Å². The van der Waals surface area contributed by atoms with Gasteiger partial charge >= 0.3 is 0 Å². The van der Waals surface area contributed by atoms with E-state index < -0.39 is 0 Å². The lowest BCUT2D eigenvalue weighted by atomic mass is 10.2. The van der Waals surface area contributed by atoms with Gasteiger partial charge < -0.3 is 9.84 Å². The van der Waals surface area contributed by atoms with Crippen molar-refractivity contribution >= 4 is 15.9 Å². The summed E-state index contributed by atoms with van der Waals surface area (Å²) in [6.07, 6.45) is 1.09. The molecule has 0 aromatic heterocycles. The smallest absolute Gasteiger partial charge is 0.107 e. The Bertz CT molecular complexity index is 124. The van der Waals surface area contributed by atoms with Crippen LogP contribution in [0.5, 0.6) is 0 Å². The minimum Gasteiger partial charge on any atom is -0.394 e. The average molecular weight is 193 g/mol. The summed E-state index contributed by atoms with van der Waals surface area (Å²) in [6.45, 7) is 3.79. The van der Waals surface area contributed by atoms with Gasteiger partial charge in [-0.05, 0) is 4.48 Å². The van der Waals surface area contributed by atoms with E-state index in [1.54, 1.807) is 0 Å². The summed E-state index contributed by atoms with van der Waals surface area (Å²) in [7, 11) is 0. The Labute approximate surface area is 62.6 Å². The molecule has 0 aromatic carbocycles. The predicted octanol–water partition coefficient (Wildman–Crippen LogP) is 1.04. The predicted molar refractivity (Wildman–Crippen MR) is 38.4 cm³/mol. The van der Waals surface area contributed by atoms with Crippen molar-refractivity contribution in [1.82, 2.24) is 0 Å². The molecule has 0 amide bonds. The number of epoxide rings is 1. The molecule has 9 heavy (non-hydrogen) atoms. The van der Waals surface area contributed by atoms with E-state index in [1.807, 2.05) is 0 Å². The van der Waals surface area contributed by atoms with Crippen molar-refractivity contribution in [2.45, 2.75) is 18.6 Å². The molecule has 1 heterocycles. The second kappa shape index (κ2) is 2.82. The van der Waals surface area contributed by atoms with Crippen molar-refractivity contribution in [3.05, 3.63) is 11.1 Å². The van der Waals surface area contributed by atoms with Crippen molar-refractivity contribution in [3.63, 3.8) is 0 Å². The molecule has 2 nitrogen and oxygen atoms in total. The highest BCUT2D eigenvalue weighted by Crippen LogP contribution is 2.28. The maximum atomic E-state index is 8.52. The lowest BCUT2D eigenvalue weighted by Gasteiger charge is -1.87. The maximum absolute atomic E-state index is 8.52. The van der Waals surface area contributed by atoms with Crippen LogP contribution in [-0.2, 0) is 4.74 Å². The first-order chi connectivity index (χ1) is 4.24. The van der Waals surface area contributed by atoms with Gasteiger partial charge in [0.25, 0.3) is 0 Å². The summed E-state index contributed by atoms with van der Waals surface area (Å²) in [5, 5.41) is 8.52. The monoisotopic (exact) mass is 192 g/mol. The number of rotatable bonds is 3. The first kappa shape index (κ1) is 7.25. The van der Waals surface area contributed by atoms with Gasteiger partial charge in [-0.15, -0.1) is 0 Å². The zero-order valence-electron chi connectivity index (χ0n) is 5.01. The summed E-state index contributed by atoms with van der Waals surface area (Å²) in [4.78, 5) is 0. The van der Waals surface area contributed by atoms with Gasteiger partial charge in [0, 0.05) is 6.42 Å². The zero-order valence-corrected chi connectivity index (χ0v) is 6.60. The average Bonchev–Trinajstić information content (AvgIpc) is 2.45. The van der Waals surface area contributed by atoms with Gasteiger partial charge in [-0.3, -0.25) is 0 Å². The lowest BCUT2D eigenvalue weighted by Crippen LogP contribution is -1.98. The highest BCUT2D eigenvalue weighted by molar-refractivity contribution is 9.11. The molecule has 1 fully saturated rings. The first-order valence-corrected chi connectivity index (χ1v) is 3.63. The lowest BCUT2D eigenvalue weighted by molar-refractivity contribution is 0.242. The second-order valence-corrected chi connectivity index (χ2v) is 3.24. The molecule has 1 N–H and O–H groups in total. The number of aliphatic hydroxyl groups excluding tert-OH is 1. The molecule has 2 atom stereocenters.